The van der Waals surface area contributed by atoms with Crippen molar-refractivity contribution in [2.24, 2.45) is 5.92 Å². The molecule has 1 rings (SSSR count). The Morgan fingerprint density at radius 2 is 1.95 bits per heavy atom. The SMILES string of the molecule is CC(C)CC(NCc1ccccc1Cl)C(=O)N(C)C. The van der Waals surface area contributed by atoms with Crippen LogP contribution >= 0.6 is 11.6 Å². The fourth-order valence-electron chi connectivity index (χ4n) is 1.93. The van der Waals surface area contributed by atoms with Crippen LogP contribution in [0.4, 0.5) is 0 Å². The number of hydrogen-bond acceptors (Lipinski definition) is 2. The third-order valence-electron chi connectivity index (χ3n) is 2.94. The Labute approximate surface area is 120 Å². The van der Waals surface area contributed by atoms with Crippen LogP contribution in [-0.4, -0.2) is 30.9 Å². The number of likely N-dealkylation sites (N-methyl/N-ethyl adjacent to an activating group) is 1. The summed E-state index contributed by atoms with van der Waals surface area (Å²) >= 11 is 6.12. The summed E-state index contributed by atoms with van der Waals surface area (Å²) in [4.78, 5) is 13.7. The van der Waals surface area contributed by atoms with E-state index in [0.29, 0.717) is 12.5 Å². The van der Waals surface area contributed by atoms with Crippen LogP contribution in [0.5, 0.6) is 0 Å². The number of nitrogens with zero attached hydrogens (tertiary/aromatic N) is 1. The van der Waals surface area contributed by atoms with Gasteiger partial charge in [-0.05, 0) is 24.0 Å². The molecule has 1 unspecified atom stereocenters. The molecule has 0 heterocycles. The molecule has 0 fully saturated rings. The molecule has 0 radical (unpaired) electrons. The van der Waals surface area contributed by atoms with Crippen LogP contribution in [0, 0.1) is 5.92 Å². The predicted octanol–water partition coefficient (Wildman–Crippen LogP) is 2.93. The molecule has 106 valence electrons. The van der Waals surface area contributed by atoms with Crippen LogP contribution in [-0.2, 0) is 11.3 Å². The minimum atomic E-state index is -0.161. The quantitative estimate of drug-likeness (QED) is 0.870. The summed E-state index contributed by atoms with van der Waals surface area (Å²) in [6.45, 7) is 4.84. The molecule has 4 heteroatoms. The first-order chi connectivity index (χ1) is 8.91. The molecule has 1 N–H and O–H groups in total. The molecule has 0 aromatic heterocycles. The van der Waals surface area contributed by atoms with Crippen molar-refractivity contribution in [2.75, 3.05) is 14.1 Å². The zero-order chi connectivity index (χ0) is 14.4. The number of nitrogens with one attached hydrogen (secondary N) is 1. The molecular formula is C15H23ClN2O. The normalized spacial score (nSPS) is 12.5. The van der Waals surface area contributed by atoms with Gasteiger partial charge >= 0.3 is 0 Å². The van der Waals surface area contributed by atoms with E-state index in [2.05, 4.69) is 19.2 Å². The van der Waals surface area contributed by atoms with Crippen LogP contribution < -0.4 is 5.32 Å². The molecule has 1 aromatic carbocycles. The van der Waals surface area contributed by atoms with Crippen molar-refractivity contribution in [3.05, 3.63) is 34.9 Å². The number of hydrogen-bond donors (Lipinski definition) is 1. The van der Waals surface area contributed by atoms with Crippen LogP contribution in [0.1, 0.15) is 25.8 Å². The van der Waals surface area contributed by atoms with Gasteiger partial charge < -0.3 is 10.2 Å². The van der Waals surface area contributed by atoms with Gasteiger partial charge in [-0.2, -0.15) is 0 Å². The van der Waals surface area contributed by atoms with E-state index >= 15 is 0 Å². The third kappa shape index (κ3) is 5.21. The monoisotopic (exact) mass is 282 g/mol. The van der Waals surface area contributed by atoms with E-state index in [1.807, 2.05) is 24.3 Å². The zero-order valence-electron chi connectivity index (χ0n) is 12.1. The number of carbonyl (C=O) groups excluding carboxylic acids is 1. The number of amides is 1. The second-order valence-corrected chi connectivity index (χ2v) is 5.79. The lowest BCUT2D eigenvalue weighted by Gasteiger charge is -2.23. The molecule has 1 atom stereocenters. The van der Waals surface area contributed by atoms with Gasteiger partial charge in [0.1, 0.15) is 0 Å². The van der Waals surface area contributed by atoms with Gasteiger partial charge in [0.25, 0.3) is 0 Å². The summed E-state index contributed by atoms with van der Waals surface area (Å²) in [5.41, 5.74) is 1.02. The predicted molar refractivity (Wildman–Crippen MR) is 80.2 cm³/mol. The van der Waals surface area contributed by atoms with E-state index in [1.54, 1.807) is 19.0 Å². The molecule has 0 saturated heterocycles. The highest BCUT2D eigenvalue weighted by molar-refractivity contribution is 6.31. The molecule has 1 aromatic rings. The van der Waals surface area contributed by atoms with Gasteiger partial charge in [-0.15, -0.1) is 0 Å². The smallest absolute Gasteiger partial charge is 0.239 e. The minimum Gasteiger partial charge on any atom is -0.347 e. The molecule has 0 aliphatic heterocycles. The third-order valence-corrected chi connectivity index (χ3v) is 3.31. The van der Waals surface area contributed by atoms with Crippen molar-refractivity contribution in [3.8, 4) is 0 Å². The Kier molecular flexibility index (Phi) is 6.32. The summed E-state index contributed by atoms with van der Waals surface area (Å²) in [7, 11) is 3.57. The maximum atomic E-state index is 12.1. The summed E-state index contributed by atoms with van der Waals surface area (Å²) in [5.74, 6) is 0.577. The van der Waals surface area contributed by atoms with E-state index in [-0.39, 0.29) is 11.9 Å². The molecular weight excluding hydrogens is 260 g/mol. The van der Waals surface area contributed by atoms with Crippen molar-refractivity contribution >= 4 is 17.5 Å². The van der Waals surface area contributed by atoms with Crippen molar-refractivity contribution in [3.63, 3.8) is 0 Å². The lowest BCUT2D eigenvalue weighted by atomic mass is 10.0. The highest BCUT2D eigenvalue weighted by atomic mass is 35.5. The topological polar surface area (TPSA) is 32.3 Å². The summed E-state index contributed by atoms with van der Waals surface area (Å²) in [6.07, 6.45) is 0.821. The number of carbonyl (C=O) groups is 1. The molecule has 0 aliphatic carbocycles. The van der Waals surface area contributed by atoms with Crippen LogP contribution in [0.2, 0.25) is 5.02 Å². The molecule has 0 saturated carbocycles. The fourth-order valence-corrected chi connectivity index (χ4v) is 2.13. The lowest BCUT2D eigenvalue weighted by molar-refractivity contribution is -0.131. The first kappa shape index (κ1) is 16.0. The van der Waals surface area contributed by atoms with E-state index in [1.165, 1.54) is 0 Å². The summed E-state index contributed by atoms with van der Waals surface area (Å²) in [6, 6.07) is 7.54. The van der Waals surface area contributed by atoms with Gasteiger partial charge in [0.05, 0.1) is 6.04 Å². The van der Waals surface area contributed by atoms with Crippen molar-refractivity contribution in [1.82, 2.24) is 10.2 Å². The van der Waals surface area contributed by atoms with E-state index in [0.717, 1.165) is 17.0 Å². The van der Waals surface area contributed by atoms with E-state index < -0.39 is 0 Å². The molecule has 19 heavy (non-hydrogen) atoms. The molecule has 1 amide bonds. The average molecular weight is 283 g/mol. The number of benzene rings is 1. The number of halogens is 1. The molecule has 3 nitrogen and oxygen atoms in total. The first-order valence-corrected chi connectivity index (χ1v) is 6.97. The van der Waals surface area contributed by atoms with Gasteiger partial charge in [-0.25, -0.2) is 0 Å². The Bertz CT molecular complexity index is 418. The van der Waals surface area contributed by atoms with Crippen molar-refractivity contribution < 1.29 is 4.79 Å². The highest BCUT2D eigenvalue weighted by Gasteiger charge is 2.20. The Hall–Kier alpha value is -1.06. The fraction of sp³-hybridized carbons (Fsp3) is 0.533. The van der Waals surface area contributed by atoms with Gasteiger partial charge in [0, 0.05) is 25.7 Å². The average Bonchev–Trinajstić information content (AvgIpc) is 2.34. The Morgan fingerprint density at radius 1 is 1.32 bits per heavy atom. The first-order valence-electron chi connectivity index (χ1n) is 6.59. The maximum absolute atomic E-state index is 12.1. The van der Waals surface area contributed by atoms with Gasteiger partial charge in [0.2, 0.25) is 5.91 Å². The second kappa shape index (κ2) is 7.51. The lowest BCUT2D eigenvalue weighted by Crippen LogP contribution is -2.44. The Balaban J connectivity index is 2.68. The van der Waals surface area contributed by atoms with Crippen LogP contribution in [0.25, 0.3) is 0 Å². The molecule has 0 spiro atoms. The van der Waals surface area contributed by atoms with Gasteiger partial charge in [-0.3, -0.25) is 4.79 Å². The Morgan fingerprint density at radius 3 is 2.47 bits per heavy atom. The largest absolute Gasteiger partial charge is 0.347 e. The maximum Gasteiger partial charge on any atom is 0.239 e. The number of rotatable bonds is 6. The van der Waals surface area contributed by atoms with E-state index in [4.69, 9.17) is 11.6 Å². The molecule has 0 bridgehead atoms. The van der Waals surface area contributed by atoms with Crippen molar-refractivity contribution in [1.29, 1.82) is 0 Å². The minimum absolute atomic E-state index is 0.112. The summed E-state index contributed by atoms with van der Waals surface area (Å²) in [5, 5.41) is 4.05. The van der Waals surface area contributed by atoms with E-state index in [9.17, 15) is 4.79 Å². The molecule has 0 aliphatic rings. The van der Waals surface area contributed by atoms with Gasteiger partial charge in [-0.1, -0.05) is 43.6 Å². The van der Waals surface area contributed by atoms with Gasteiger partial charge in [0.15, 0.2) is 0 Å². The summed E-state index contributed by atoms with van der Waals surface area (Å²) < 4.78 is 0. The van der Waals surface area contributed by atoms with Crippen LogP contribution in [0.15, 0.2) is 24.3 Å². The highest BCUT2D eigenvalue weighted by Crippen LogP contribution is 2.15. The van der Waals surface area contributed by atoms with Crippen LogP contribution in [0.3, 0.4) is 0 Å². The zero-order valence-corrected chi connectivity index (χ0v) is 12.9. The van der Waals surface area contributed by atoms with Crippen molar-refractivity contribution in [2.45, 2.75) is 32.9 Å². The second-order valence-electron chi connectivity index (χ2n) is 5.39. The standard InChI is InChI=1S/C15H23ClN2O/c1-11(2)9-14(15(19)18(3)4)17-10-12-7-5-6-8-13(12)16/h5-8,11,14,17H,9-10H2,1-4H3.